The third kappa shape index (κ3) is 3.99. The van der Waals surface area contributed by atoms with E-state index in [0.717, 1.165) is 17.7 Å². The summed E-state index contributed by atoms with van der Waals surface area (Å²) < 4.78 is 10.4. The molecule has 5 nitrogen and oxygen atoms in total. The number of carbonyl (C=O) groups is 1. The van der Waals surface area contributed by atoms with Crippen LogP contribution in [0.3, 0.4) is 0 Å². The Morgan fingerprint density at radius 3 is 2.67 bits per heavy atom. The lowest BCUT2D eigenvalue weighted by Crippen LogP contribution is -2.28. The van der Waals surface area contributed by atoms with Crippen LogP contribution in [-0.4, -0.2) is 18.4 Å². The lowest BCUT2D eigenvalue weighted by Gasteiger charge is -2.19. The van der Waals surface area contributed by atoms with Gasteiger partial charge in [0.1, 0.15) is 12.4 Å². The van der Waals surface area contributed by atoms with Crippen LogP contribution in [0.4, 0.5) is 10.5 Å². The zero-order valence-corrected chi connectivity index (χ0v) is 14.6. The Bertz CT molecular complexity index is 733. The number of benzene rings is 2. The maximum atomic E-state index is 11.5. The van der Waals surface area contributed by atoms with E-state index in [2.05, 4.69) is 17.7 Å². The highest BCUT2D eigenvalue weighted by Gasteiger charge is 2.19. The Morgan fingerprint density at radius 2 is 2.04 bits per heavy atom. The second-order valence-electron chi connectivity index (χ2n) is 5.26. The maximum Gasteiger partial charge on any atom is 0.438 e. The third-order valence-electron chi connectivity index (χ3n) is 3.69. The van der Waals surface area contributed by atoms with E-state index in [1.165, 1.54) is 12.7 Å². The van der Waals surface area contributed by atoms with E-state index in [0.29, 0.717) is 15.6 Å². The van der Waals surface area contributed by atoms with Gasteiger partial charge in [-0.15, -0.1) is 0 Å². The summed E-state index contributed by atoms with van der Waals surface area (Å²) in [6.45, 7) is 4.16. The molecule has 0 spiro atoms. The minimum Gasteiger partial charge on any atom is -0.488 e. The third-order valence-corrected chi connectivity index (χ3v) is 4.04. The molecule has 0 radical (unpaired) electrons. The first-order valence-electron chi connectivity index (χ1n) is 7.54. The van der Waals surface area contributed by atoms with Crippen LogP contribution < -0.4 is 9.80 Å². The van der Waals surface area contributed by atoms with Crippen molar-refractivity contribution < 1.29 is 19.5 Å². The molecule has 0 fully saturated rings. The van der Waals surface area contributed by atoms with Crippen molar-refractivity contribution in [2.75, 3.05) is 12.2 Å². The van der Waals surface area contributed by atoms with Gasteiger partial charge in [-0.3, -0.25) is 5.21 Å². The molecule has 0 atom stereocenters. The van der Waals surface area contributed by atoms with Gasteiger partial charge in [0, 0.05) is 10.6 Å². The fraction of sp³-hybridized carbons (Fsp3) is 0.278. The number of methoxy groups -OCH3 is 1. The Labute approximate surface area is 146 Å². The van der Waals surface area contributed by atoms with Crippen molar-refractivity contribution in [3.63, 3.8) is 0 Å². The van der Waals surface area contributed by atoms with E-state index in [1.54, 1.807) is 18.2 Å². The second-order valence-corrected chi connectivity index (χ2v) is 5.67. The molecule has 0 heterocycles. The van der Waals surface area contributed by atoms with Gasteiger partial charge < -0.3 is 9.47 Å². The minimum absolute atomic E-state index is 0.107. The SMILES string of the molecule is CCc1ccc(OCc2c(Cl)cccc2N(O)C(=O)OC)c(C)c1. The van der Waals surface area contributed by atoms with Crippen LogP contribution in [-0.2, 0) is 17.8 Å². The van der Waals surface area contributed by atoms with Crippen molar-refractivity contribution >= 4 is 23.4 Å². The van der Waals surface area contributed by atoms with Crippen molar-refractivity contribution in [3.8, 4) is 5.75 Å². The fourth-order valence-electron chi connectivity index (χ4n) is 2.32. The molecule has 0 aromatic heterocycles. The molecule has 0 bridgehead atoms. The summed E-state index contributed by atoms with van der Waals surface area (Å²) in [6.07, 6.45) is 0.0518. The lowest BCUT2D eigenvalue weighted by molar-refractivity contribution is 0.140. The van der Waals surface area contributed by atoms with Gasteiger partial charge in [0.2, 0.25) is 0 Å². The standard InChI is InChI=1S/C18H20ClNO4/c1-4-13-8-9-17(12(2)10-13)24-11-14-15(19)6-5-7-16(14)20(22)18(21)23-3/h5-10,22H,4,11H2,1-3H3. The van der Waals surface area contributed by atoms with Crippen LogP contribution in [0.15, 0.2) is 36.4 Å². The van der Waals surface area contributed by atoms with Crippen molar-refractivity contribution in [2.24, 2.45) is 0 Å². The lowest BCUT2D eigenvalue weighted by atomic mass is 10.1. The Hall–Kier alpha value is -2.24. The fourth-order valence-corrected chi connectivity index (χ4v) is 2.54. The van der Waals surface area contributed by atoms with Gasteiger partial charge in [-0.2, -0.15) is 5.06 Å². The van der Waals surface area contributed by atoms with Gasteiger partial charge in [-0.1, -0.05) is 36.7 Å². The Balaban J connectivity index is 2.25. The zero-order valence-electron chi connectivity index (χ0n) is 13.9. The van der Waals surface area contributed by atoms with Crippen LogP contribution >= 0.6 is 11.6 Å². The first kappa shape index (κ1) is 18.1. The molecule has 6 heteroatoms. The normalized spacial score (nSPS) is 10.4. The number of halogens is 1. The molecule has 1 N–H and O–H groups in total. The minimum atomic E-state index is -0.901. The van der Waals surface area contributed by atoms with Crippen LogP contribution in [0.5, 0.6) is 5.75 Å². The Morgan fingerprint density at radius 1 is 1.29 bits per heavy atom. The summed E-state index contributed by atoms with van der Waals surface area (Å²) in [7, 11) is 1.19. The molecule has 0 unspecified atom stereocenters. The number of hydrogen-bond acceptors (Lipinski definition) is 4. The van der Waals surface area contributed by atoms with Crippen LogP contribution in [0.1, 0.15) is 23.6 Å². The van der Waals surface area contributed by atoms with E-state index in [4.69, 9.17) is 16.3 Å². The molecule has 0 aliphatic rings. The number of ether oxygens (including phenoxy) is 2. The van der Waals surface area contributed by atoms with Gasteiger partial charge in [0.15, 0.2) is 0 Å². The predicted molar refractivity (Wildman–Crippen MR) is 93.0 cm³/mol. The highest BCUT2D eigenvalue weighted by Crippen LogP contribution is 2.29. The number of nitrogens with zero attached hydrogens (tertiary/aromatic N) is 1. The van der Waals surface area contributed by atoms with E-state index >= 15 is 0 Å². The predicted octanol–water partition coefficient (Wildman–Crippen LogP) is 4.75. The van der Waals surface area contributed by atoms with Gasteiger partial charge in [-0.25, -0.2) is 4.79 Å². The molecule has 128 valence electrons. The maximum absolute atomic E-state index is 11.5. The number of hydroxylamine groups is 1. The molecule has 2 rings (SSSR count). The monoisotopic (exact) mass is 349 g/mol. The van der Waals surface area contributed by atoms with Crippen LogP contribution in [0.2, 0.25) is 5.02 Å². The van der Waals surface area contributed by atoms with Crippen LogP contribution in [0, 0.1) is 6.92 Å². The average molecular weight is 350 g/mol. The smallest absolute Gasteiger partial charge is 0.438 e. The first-order chi connectivity index (χ1) is 11.5. The second kappa shape index (κ2) is 8.04. The molecule has 0 aliphatic carbocycles. The largest absolute Gasteiger partial charge is 0.488 e. The number of carbonyl (C=O) groups excluding carboxylic acids is 1. The molecule has 2 aromatic rings. The summed E-state index contributed by atoms with van der Waals surface area (Å²) >= 11 is 6.21. The zero-order chi connectivity index (χ0) is 17.7. The molecule has 0 saturated carbocycles. The Kier molecular flexibility index (Phi) is 6.06. The molecule has 24 heavy (non-hydrogen) atoms. The number of hydrogen-bond donors (Lipinski definition) is 1. The number of anilines is 1. The highest BCUT2D eigenvalue weighted by molar-refractivity contribution is 6.31. The van der Waals surface area contributed by atoms with E-state index in [-0.39, 0.29) is 12.3 Å². The number of rotatable bonds is 5. The van der Waals surface area contributed by atoms with Gasteiger partial charge in [0.05, 0.1) is 12.8 Å². The quantitative estimate of drug-likeness (QED) is 0.625. The van der Waals surface area contributed by atoms with E-state index in [9.17, 15) is 10.0 Å². The van der Waals surface area contributed by atoms with E-state index < -0.39 is 6.09 Å². The van der Waals surface area contributed by atoms with Crippen molar-refractivity contribution in [2.45, 2.75) is 26.9 Å². The molecular formula is C18H20ClNO4. The molecule has 2 aromatic carbocycles. The summed E-state index contributed by atoms with van der Waals surface area (Å²) in [5.74, 6) is 0.723. The van der Waals surface area contributed by atoms with Gasteiger partial charge in [-0.05, 0) is 42.7 Å². The highest BCUT2D eigenvalue weighted by atomic mass is 35.5. The van der Waals surface area contributed by atoms with Crippen molar-refractivity contribution in [1.29, 1.82) is 0 Å². The van der Waals surface area contributed by atoms with E-state index in [1.807, 2.05) is 19.1 Å². The van der Waals surface area contributed by atoms with Crippen LogP contribution in [0.25, 0.3) is 0 Å². The summed E-state index contributed by atoms with van der Waals surface area (Å²) in [6, 6.07) is 10.8. The molecule has 1 amide bonds. The van der Waals surface area contributed by atoms with Crippen molar-refractivity contribution in [3.05, 3.63) is 58.1 Å². The summed E-state index contributed by atoms with van der Waals surface area (Å²) in [4.78, 5) is 11.5. The molecule has 0 aliphatic heterocycles. The first-order valence-corrected chi connectivity index (χ1v) is 7.92. The number of aryl methyl sites for hydroxylation is 2. The van der Waals surface area contributed by atoms with Crippen molar-refractivity contribution in [1.82, 2.24) is 0 Å². The topological polar surface area (TPSA) is 59.0 Å². The number of amides is 1. The van der Waals surface area contributed by atoms with Gasteiger partial charge in [0.25, 0.3) is 0 Å². The van der Waals surface area contributed by atoms with Gasteiger partial charge >= 0.3 is 6.09 Å². The molecule has 0 saturated heterocycles. The summed E-state index contributed by atoms with van der Waals surface area (Å²) in [5, 5.41) is 10.8. The molecular weight excluding hydrogens is 330 g/mol. The summed E-state index contributed by atoms with van der Waals surface area (Å²) in [5.41, 5.74) is 2.95. The average Bonchev–Trinajstić information content (AvgIpc) is 2.59.